The number of hydrogen-bond acceptors (Lipinski definition) is 3. The zero-order chi connectivity index (χ0) is 13.5. The van der Waals surface area contributed by atoms with E-state index >= 15 is 0 Å². The first-order chi connectivity index (χ1) is 8.23. The molecule has 0 aromatic heterocycles. The van der Waals surface area contributed by atoms with E-state index < -0.39 is 11.7 Å². The lowest BCUT2D eigenvalue weighted by atomic mass is 9.52. The molecule has 3 nitrogen and oxygen atoms in total. The number of ketones is 1. The molecule has 3 aliphatic rings. The zero-order valence-corrected chi connectivity index (χ0v) is 11.4. The largest absolute Gasteiger partial charge is 0.389 e. The summed E-state index contributed by atoms with van der Waals surface area (Å²) >= 11 is 0. The van der Waals surface area contributed by atoms with Crippen LogP contribution in [0.3, 0.4) is 0 Å². The molecule has 98 valence electrons. The molecule has 3 aliphatic carbocycles. The SMILES string of the molecule is CC1=C2CCC2(C)C2C(=C(C)C(C)(O)C2O)C1=O. The van der Waals surface area contributed by atoms with Crippen molar-refractivity contribution in [3.8, 4) is 0 Å². The minimum atomic E-state index is -1.27. The molecule has 0 spiro atoms. The van der Waals surface area contributed by atoms with Crippen molar-refractivity contribution in [1.29, 1.82) is 0 Å². The molecule has 0 bridgehead atoms. The molecule has 0 aromatic carbocycles. The van der Waals surface area contributed by atoms with Crippen LogP contribution in [0.5, 0.6) is 0 Å². The van der Waals surface area contributed by atoms with Crippen LogP contribution in [0.4, 0.5) is 0 Å². The highest BCUT2D eigenvalue weighted by atomic mass is 16.3. The summed E-state index contributed by atoms with van der Waals surface area (Å²) < 4.78 is 0. The van der Waals surface area contributed by atoms with Gasteiger partial charge in [-0.2, -0.15) is 0 Å². The number of aliphatic hydroxyl groups excluding tert-OH is 1. The van der Waals surface area contributed by atoms with Crippen LogP contribution in [0.2, 0.25) is 0 Å². The maximum Gasteiger partial charge on any atom is 0.185 e. The van der Waals surface area contributed by atoms with Crippen molar-refractivity contribution in [2.24, 2.45) is 11.3 Å². The van der Waals surface area contributed by atoms with Gasteiger partial charge in [0, 0.05) is 11.5 Å². The Morgan fingerprint density at radius 3 is 2.39 bits per heavy atom. The minimum Gasteiger partial charge on any atom is -0.389 e. The fourth-order valence-electron chi connectivity index (χ4n) is 4.13. The molecule has 4 atom stereocenters. The third-order valence-corrected chi connectivity index (χ3v) is 5.67. The third kappa shape index (κ3) is 1.06. The number of aliphatic hydroxyl groups is 2. The van der Waals surface area contributed by atoms with Gasteiger partial charge in [-0.3, -0.25) is 4.79 Å². The van der Waals surface area contributed by atoms with E-state index in [9.17, 15) is 15.0 Å². The molecule has 0 aliphatic heterocycles. The summed E-state index contributed by atoms with van der Waals surface area (Å²) in [6.45, 7) is 7.38. The fraction of sp³-hybridized carbons (Fsp3) is 0.667. The molecule has 18 heavy (non-hydrogen) atoms. The van der Waals surface area contributed by atoms with Gasteiger partial charge in [-0.1, -0.05) is 12.5 Å². The summed E-state index contributed by atoms with van der Waals surface area (Å²) in [5.41, 5.74) is 1.93. The molecule has 3 heteroatoms. The summed E-state index contributed by atoms with van der Waals surface area (Å²) in [7, 11) is 0. The Morgan fingerprint density at radius 2 is 1.89 bits per heavy atom. The maximum absolute atomic E-state index is 12.4. The van der Waals surface area contributed by atoms with Crippen LogP contribution >= 0.6 is 0 Å². The van der Waals surface area contributed by atoms with E-state index in [2.05, 4.69) is 6.92 Å². The molecule has 2 N–H and O–H groups in total. The third-order valence-electron chi connectivity index (χ3n) is 5.67. The number of hydrogen-bond donors (Lipinski definition) is 2. The monoisotopic (exact) mass is 248 g/mol. The summed E-state index contributed by atoms with van der Waals surface area (Å²) in [4.78, 5) is 12.4. The van der Waals surface area contributed by atoms with Crippen molar-refractivity contribution in [3.05, 3.63) is 22.3 Å². The Kier molecular flexibility index (Phi) is 2.12. The molecule has 0 radical (unpaired) electrons. The van der Waals surface area contributed by atoms with E-state index in [1.54, 1.807) is 13.8 Å². The predicted octanol–water partition coefficient (Wildman–Crippen LogP) is 1.74. The van der Waals surface area contributed by atoms with Crippen molar-refractivity contribution >= 4 is 5.78 Å². The van der Waals surface area contributed by atoms with E-state index in [0.29, 0.717) is 11.1 Å². The van der Waals surface area contributed by atoms with E-state index in [4.69, 9.17) is 0 Å². The van der Waals surface area contributed by atoms with Crippen LogP contribution in [0.25, 0.3) is 0 Å². The van der Waals surface area contributed by atoms with Crippen LogP contribution in [-0.2, 0) is 4.79 Å². The van der Waals surface area contributed by atoms with E-state index in [1.165, 1.54) is 5.57 Å². The first kappa shape index (κ1) is 12.1. The van der Waals surface area contributed by atoms with Gasteiger partial charge in [0.05, 0.1) is 6.10 Å². The fourth-order valence-corrected chi connectivity index (χ4v) is 4.13. The standard InChI is InChI=1S/C15H20O3/c1-7-9-5-6-14(9,3)11-10(12(7)16)8(2)15(4,18)13(11)17/h11,13,17-18H,5-6H2,1-4H3. The molecule has 0 heterocycles. The molecule has 0 amide bonds. The zero-order valence-electron chi connectivity index (χ0n) is 11.4. The van der Waals surface area contributed by atoms with E-state index in [1.807, 2.05) is 6.92 Å². The van der Waals surface area contributed by atoms with Gasteiger partial charge < -0.3 is 10.2 Å². The minimum absolute atomic E-state index is 0.0292. The highest BCUT2D eigenvalue weighted by molar-refractivity contribution is 6.11. The van der Waals surface area contributed by atoms with Gasteiger partial charge in [0.25, 0.3) is 0 Å². The second kappa shape index (κ2) is 3.14. The summed E-state index contributed by atoms with van der Waals surface area (Å²) in [6.07, 6.45) is 1.07. The number of Topliss-reactive ketones (excluding diaryl/α,β-unsaturated/α-hetero) is 1. The Balaban J connectivity index is 2.26. The first-order valence-electron chi connectivity index (χ1n) is 6.59. The van der Waals surface area contributed by atoms with Gasteiger partial charge in [0.2, 0.25) is 0 Å². The Hall–Kier alpha value is -0.930. The molecular weight excluding hydrogens is 228 g/mol. The molecule has 0 saturated heterocycles. The van der Waals surface area contributed by atoms with E-state index in [0.717, 1.165) is 18.4 Å². The smallest absolute Gasteiger partial charge is 0.185 e. The molecule has 1 fully saturated rings. The lowest BCUT2D eigenvalue weighted by Crippen LogP contribution is -2.51. The van der Waals surface area contributed by atoms with Crippen LogP contribution in [0.1, 0.15) is 40.5 Å². The van der Waals surface area contributed by atoms with E-state index in [-0.39, 0.29) is 17.1 Å². The van der Waals surface area contributed by atoms with Crippen LogP contribution in [0.15, 0.2) is 22.3 Å². The average molecular weight is 248 g/mol. The molecular formula is C15H20O3. The van der Waals surface area contributed by atoms with Gasteiger partial charge in [0.15, 0.2) is 5.78 Å². The molecule has 3 rings (SSSR count). The van der Waals surface area contributed by atoms with Gasteiger partial charge in [-0.05, 0) is 50.2 Å². The lowest BCUT2D eigenvalue weighted by molar-refractivity contribution is -0.116. The quantitative estimate of drug-likeness (QED) is 0.686. The van der Waals surface area contributed by atoms with Gasteiger partial charge in [-0.25, -0.2) is 0 Å². The maximum atomic E-state index is 12.4. The topological polar surface area (TPSA) is 57.5 Å². The molecule has 1 saturated carbocycles. The van der Waals surface area contributed by atoms with Crippen molar-refractivity contribution < 1.29 is 15.0 Å². The number of allylic oxidation sites excluding steroid dienone is 2. The average Bonchev–Trinajstić information content (AvgIpc) is 2.45. The van der Waals surface area contributed by atoms with Crippen LogP contribution in [0, 0.1) is 11.3 Å². The Morgan fingerprint density at radius 1 is 1.28 bits per heavy atom. The lowest BCUT2D eigenvalue weighted by Gasteiger charge is -2.52. The van der Waals surface area contributed by atoms with Crippen molar-refractivity contribution in [2.45, 2.75) is 52.2 Å². The summed E-state index contributed by atoms with van der Waals surface area (Å²) in [6, 6.07) is 0. The van der Waals surface area contributed by atoms with Crippen molar-refractivity contribution in [2.75, 3.05) is 0 Å². The highest BCUT2D eigenvalue weighted by Crippen LogP contribution is 2.63. The second-order valence-electron chi connectivity index (χ2n) is 6.46. The normalized spacial score (nSPS) is 47.1. The summed E-state index contributed by atoms with van der Waals surface area (Å²) in [5, 5.41) is 20.9. The second-order valence-corrected chi connectivity index (χ2v) is 6.46. The van der Waals surface area contributed by atoms with Gasteiger partial charge >= 0.3 is 0 Å². The number of fused-ring (bicyclic) bond motifs is 3. The number of rotatable bonds is 0. The van der Waals surface area contributed by atoms with Crippen LogP contribution in [-0.4, -0.2) is 27.7 Å². The Labute approximate surface area is 107 Å². The number of carbonyl (C=O) groups excluding carboxylic acids is 1. The number of carbonyl (C=O) groups is 1. The molecule has 4 unspecified atom stereocenters. The molecule has 0 aromatic rings. The predicted molar refractivity (Wildman–Crippen MR) is 67.9 cm³/mol. The van der Waals surface area contributed by atoms with Crippen molar-refractivity contribution in [3.63, 3.8) is 0 Å². The highest BCUT2D eigenvalue weighted by Gasteiger charge is 2.61. The van der Waals surface area contributed by atoms with Crippen LogP contribution < -0.4 is 0 Å². The van der Waals surface area contributed by atoms with Gasteiger partial charge in [0.1, 0.15) is 5.60 Å². The van der Waals surface area contributed by atoms with Crippen molar-refractivity contribution in [1.82, 2.24) is 0 Å². The van der Waals surface area contributed by atoms with Gasteiger partial charge in [-0.15, -0.1) is 0 Å². The summed E-state index contributed by atoms with van der Waals surface area (Å²) in [5.74, 6) is -0.200. The first-order valence-corrected chi connectivity index (χ1v) is 6.59. The Bertz CT molecular complexity index is 524.